The molecule has 1 unspecified atom stereocenters. The summed E-state index contributed by atoms with van der Waals surface area (Å²) in [5.41, 5.74) is 0.167. The van der Waals surface area contributed by atoms with E-state index in [4.69, 9.17) is 0 Å². The molecule has 1 N–H and O–H groups in total. The molecule has 0 saturated carbocycles. The first-order valence-electron chi connectivity index (χ1n) is 6.43. The van der Waals surface area contributed by atoms with E-state index in [2.05, 4.69) is 22.5 Å². The van der Waals surface area contributed by atoms with Crippen LogP contribution in [0.2, 0.25) is 0 Å². The van der Waals surface area contributed by atoms with E-state index in [1.807, 2.05) is 18.2 Å². The van der Waals surface area contributed by atoms with Gasteiger partial charge in [-0.25, -0.2) is 0 Å². The van der Waals surface area contributed by atoms with Gasteiger partial charge in [0.05, 0.1) is 17.7 Å². The lowest BCUT2D eigenvalue weighted by Gasteiger charge is -2.36. The molecule has 102 valence electrons. The molecule has 1 atom stereocenters. The second kappa shape index (κ2) is 5.88. The van der Waals surface area contributed by atoms with Gasteiger partial charge in [-0.1, -0.05) is 18.2 Å². The molecule has 0 spiro atoms. The summed E-state index contributed by atoms with van der Waals surface area (Å²) in [6, 6.07) is 7.40. The molecule has 1 aliphatic heterocycles. The lowest BCUT2D eigenvalue weighted by atomic mass is 9.92. The van der Waals surface area contributed by atoms with E-state index in [-0.39, 0.29) is 12.5 Å². The maximum Gasteiger partial charge on any atom is 0.255 e. The Labute approximate surface area is 122 Å². The molecule has 0 radical (unpaired) electrons. The predicted octanol–water partition coefficient (Wildman–Crippen LogP) is 2.99. The molecule has 1 heterocycles. The second-order valence-corrected chi connectivity index (χ2v) is 5.77. The van der Waals surface area contributed by atoms with E-state index in [0.717, 1.165) is 17.3 Å². The molecule has 1 aromatic rings. The van der Waals surface area contributed by atoms with Gasteiger partial charge in [0.1, 0.15) is 0 Å². The topological polar surface area (TPSA) is 40.5 Å². The van der Waals surface area contributed by atoms with Gasteiger partial charge in [-0.3, -0.25) is 4.79 Å². The monoisotopic (exact) mass is 323 g/mol. The van der Waals surface area contributed by atoms with Crippen LogP contribution in [0.15, 0.2) is 41.4 Å². The van der Waals surface area contributed by atoms with E-state index in [9.17, 15) is 9.90 Å². The Balaban J connectivity index is 2.32. The molecule has 3 nitrogen and oxygen atoms in total. The molecule has 1 fully saturated rings. The second-order valence-electron chi connectivity index (χ2n) is 4.92. The van der Waals surface area contributed by atoms with E-state index < -0.39 is 5.54 Å². The number of hydrogen-bond donors (Lipinski definition) is 1. The third kappa shape index (κ3) is 2.60. The zero-order valence-electron chi connectivity index (χ0n) is 10.8. The number of nitrogens with zero attached hydrogens (tertiary/aromatic N) is 1. The van der Waals surface area contributed by atoms with E-state index in [1.165, 1.54) is 0 Å². The van der Waals surface area contributed by atoms with E-state index >= 15 is 0 Å². The van der Waals surface area contributed by atoms with Crippen LogP contribution < -0.4 is 0 Å². The van der Waals surface area contributed by atoms with Crippen LogP contribution in [0.25, 0.3) is 0 Å². The minimum absolute atomic E-state index is 0.0186. The molecule has 19 heavy (non-hydrogen) atoms. The summed E-state index contributed by atoms with van der Waals surface area (Å²) in [4.78, 5) is 14.5. The SMILES string of the molecule is C=CCC1(CO)CCCN1C(=O)c1ccccc1Br. The maximum absolute atomic E-state index is 12.7. The highest BCUT2D eigenvalue weighted by Crippen LogP contribution is 2.34. The normalized spacial score (nSPS) is 22.5. The van der Waals surface area contributed by atoms with Crippen LogP contribution in [0.4, 0.5) is 0 Å². The molecule has 0 aromatic heterocycles. The Morgan fingerprint density at radius 1 is 1.53 bits per heavy atom. The van der Waals surface area contributed by atoms with Gasteiger partial charge in [-0.15, -0.1) is 6.58 Å². The third-order valence-electron chi connectivity index (χ3n) is 3.76. The average Bonchev–Trinajstić information content (AvgIpc) is 2.83. The van der Waals surface area contributed by atoms with Crippen molar-refractivity contribution in [2.75, 3.05) is 13.2 Å². The predicted molar refractivity (Wildman–Crippen MR) is 79.0 cm³/mol. The number of likely N-dealkylation sites (tertiary alicyclic amines) is 1. The first-order chi connectivity index (χ1) is 9.14. The molecule has 1 amide bonds. The molecule has 0 aliphatic carbocycles. The van der Waals surface area contributed by atoms with Crippen molar-refractivity contribution in [3.05, 3.63) is 47.0 Å². The van der Waals surface area contributed by atoms with Crippen LogP contribution in [0.1, 0.15) is 29.6 Å². The highest BCUT2D eigenvalue weighted by molar-refractivity contribution is 9.10. The first kappa shape index (κ1) is 14.3. The zero-order chi connectivity index (χ0) is 13.9. The van der Waals surface area contributed by atoms with Crippen LogP contribution >= 0.6 is 15.9 Å². The van der Waals surface area contributed by atoms with Gasteiger partial charge in [0, 0.05) is 11.0 Å². The molecule has 1 aliphatic rings. The van der Waals surface area contributed by atoms with Crippen LogP contribution in [0.3, 0.4) is 0 Å². The van der Waals surface area contributed by atoms with Crippen molar-refractivity contribution in [3.63, 3.8) is 0 Å². The Morgan fingerprint density at radius 3 is 2.89 bits per heavy atom. The minimum atomic E-state index is -0.478. The van der Waals surface area contributed by atoms with Crippen molar-refractivity contribution in [2.24, 2.45) is 0 Å². The quantitative estimate of drug-likeness (QED) is 0.865. The molecule has 1 saturated heterocycles. The summed E-state index contributed by atoms with van der Waals surface area (Å²) in [7, 11) is 0. The fourth-order valence-corrected chi connectivity index (χ4v) is 3.20. The van der Waals surface area contributed by atoms with Crippen LogP contribution in [0.5, 0.6) is 0 Å². The molecular weight excluding hydrogens is 306 g/mol. The number of amides is 1. The van der Waals surface area contributed by atoms with E-state index in [0.29, 0.717) is 18.5 Å². The smallest absolute Gasteiger partial charge is 0.255 e. The van der Waals surface area contributed by atoms with Gasteiger partial charge < -0.3 is 10.0 Å². The average molecular weight is 324 g/mol. The standard InChI is InChI=1S/C15H18BrNO2/c1-2-8-15(11-18)9-5-10-17(15)14(19)12-6-3-4-7-13(12)16/h2-4,6-7,18H,1,5,8-11H2. The lowest BCUT2D eigenvalue weighted by molar-refractivity contribution is 0.0421. The molecular formula is C15H18BrNO2. The summed E-state index contributed by atoms with van der Waals surface area (Å²) in [5, 5.41) is 9.73. The number of halogens is 1. The number of rotatable bonds is 4. The van der Waals surface area contributed by atoms with Crippen molar-refractivity contribution < 1.29 is 9.90 Å². The van der Waals surface area contributed by atoms with Crippen LogP contribution in [0, 0.1) is 0 Å². The fraction of sp³-hybridized carbons (Fsp3) is 0.400. The fourth-order valence-electron chi connectivity index (χ4n) is 2.75. The Bertz CT molecular complexity index is 489. The van der Waals surface area contributed by atoms with Crippen molar-refractivity contribution in [1.82, 2.24) is 4.90 Å². The first-order valence-corrected chi connectivity index (χ1v) is 7.22. The Kier molecular flexibility index (Phi) is 4.42. The van der Waals surface area contributed by atoms with Gasteiger partial charge in [0.15, 0.2) is 0 Å². The third-order valence-corrected chi connectivity index (χ3v) is 4.46. The number of carbonyl (C=O) groups is 1. The van der Waals surface area contributed by atoms with Crippen LogP contribution in [-0.4, -0.2) is 34.6 Å². The lowest BCUT2D eigenvalue weighted by Crippen LogP contribution is -2.49. The Hall–Kier alpha value is -1.13. The van der Waals surface area contributed by atoms with Gasteiger partial charge in [0.25, 0.3) is 5.91 Å². The maximum atomic E-state index is 12.7. The van der Waals surface area contributed by atoms with Gasteiger partial charge in [0.2, 0.25) is 0 Å². The number of hydrogen-bond acceptors (Lipinski definition) is 2. The molecule has 4 heteroatoms. The highest BCUT2D eigenvalue weighted by Gasteiger charge is 2.42. The molecule has 0 bridgehead atoms. The van der Waals surface area contributed by atoms with Crippen molar-refractivity contribution >= 4 is 21.8 Å². The summed E-state index contributed by atoms with van der Waals surface area (Å²) in [6.07, 6.45) is 4.15. The number of aliphatic hydroxyl groups is 1. The van der Waals surface area contributed by atoms with Gasteiger partial charge in [-0.05, 0) is 47.3 Å². The largest absolute Gasteiger partial charge is 0.394 e. The van der Waals surface area contributed by atoms with Gasteiger partial charge in [-0.2, -0.15) is 0 Å². The summed E-state index contributed by atoms with van der Waals surface area (Å²) in [5.74, 6) is -0.0270. The van der Waals surface area contributed by atoms with Gasteiger partial charge >= 0.3 is 0 Å². The molecule has 2 rings (SSSR count). The highest BCUT2D eigenvalue weighted by atomic mass is 79.9. The summed E-state index contributed by atoms with van der Waals surface area (Å²) < 4.78 is 0.789. The summed E-state index contributed by atoms with van der Waals surface area (Å²) >= 11 is 3.41. The Morgan fingerprint density at radius 2 is 2.26 bits per heavy atom. The number of carbonyl (C=O) groups excluding carboxylic acids is 1. The zero-order valence-corrected chi connectivity index (χ0v) is 12.4. The van der Waals surface area contributed by atoms with Crippen molar-refractivity contribution in [3.8, 4) is 0 Å². The number of benzene rings is 1. The van der Waals surface area contributed by atoms with Crippen LogP contribution in [-0.2, 0) is 0 Å². The summed E-state index contributed by atoms with van der Waals surface area (Å²) in [6.45, 7) is 4.41. The minimum Gasteiger partial charge on any atom is -0.394 e. The van der Waals surface area contributed by atoms with Crippen molar-refractivity contribution in [2.45, 2.75) is 24.8 Å². The molecule has 1 aromatic carbocycles. The number of aliphatic hydroxyl groups excluding tert-OH is 1. The van der Waals surface area contributed by atoms with Crippen molar-refractivity contribution in [1.29, 1.82) is 0 Å². The van der Waals surface area contributed by atoms with E-state index in [1.54, 1.807) is 17.0 Å².